The zero-order chi connectivity index (χ0) is 21.5. The third-order valence-corrected chi connectivity index (χ3v) is 6.75. The third kappa shape index (κ3) is 6.13. The summed E-state index contributed by atoms with van der Waals surface area (Å²) in [5.74, 6) is 0.0845. The average Bonchev–Trinajstić information content (AvgIpc) is 3.49. The van der Waals surface area contributed by atoms with Crippen LogP contribution in [-0.4, -0.2) is 46.9 Å². The fourth-order valence-electron chi connectivity index (χ4n) is 3.09. The Labute approximate surface area is 188 Å². The summed E-state index contributed by atoms with van der Waals surface area (Å²) in [5, 5.41) is 15.1. The van der Waals surface area contributed by atoms with E-state index >= 15 is 0 Å². The van der Waals surface area contributed by atoms with Crippen molar-refractivity contribution in [2.24, 2.45) is 0 Å². The molecule has 1 unspecified atom stereocenters. The van der Waals surface area contributed by atoms with Crippen molar-refractivity contribution >= 4 is 45.6 Å². The van der Waals surface area contributed by atoms with Crippen molar-refractivity contribution in [2.75, 3.05) is 29.5 Å². The van der Waals surface area contributed by atoms with E-state index in [1.807, 2.05) is 18.2 Å². The van der Waals surface area contributed by atoms with Gasteiger partial charge in [0.1, 0.15) is 0 Å². The molecule has 4 rings (SSSR count). The summed E-state index contributed by atoms with van der Waals surface area (Å²) in [4.78, 5) is 24.7. The molecule has 1 saturated heterocycles. The van der Waals surface area contributed by atoms with Gasteiger partial charge < -0.3 is 15.4 Å². The van der Waals surface area contributed by atoms with Crippen molar-refractivity contribution in [2.45, 2.75) is 23.3 Å². The first-order chi connectivity index (χ1) is 15.2. The average molecular weight is 455 g/mol. The highest BCUT2D eigenvalue weighted by Crippen LogP contribution is 2.26. The van der Waals surface area contributed by atoms with Crippen LogP contribution in [0.1, 0.15) is 33.6 Å². The van der Waals surface area contributed by atoms with E-state index in [9.17, 15) is 9.59 Å². The maximum Gasteiger partial charge on any atom is 0.255 e. The number of rotatable bonds is 9. The molecule has 9 heteroatoms. The van der Waals surface area contributed by atoms with Gasteiger partial charge in [-0.25, -0.2) is 0 Å². The largest absolute Gasteiger partial charge is 0.376 e. The lowest BCUT2D eigenvalue weighted by Gasteiger charge is -2.08. The molecule has 0 saturated carbocycles. The van der Waals surface area contributed by atoms with Crippen LogP contribution in [0.5, 0.6) is 0 Å². The molecule has 1 aliphatic rings. The van der Waals surface area contributed by atoms with Crippen LogP contribution in [-0.2, 0) is 4.74 Å². The molecule has 2 heterocycles. The summed E-state index contributed by atoms with van der Waals surface area (Å²) in [6, 6.07) is 15.9. The zero-order valence-corrected chi connectivity index (χ0v) is 18.4. The molecule has 0 radical (unpaired) electrons. The monoisotopic (exact) mass is 454 g/mol. The minimum atomic E-state index is -0.185. The maximum absolute atomic E-state index is 12.5. The van der Waals surface area contributed by atoms with Crippen LogP contribution in [0.15, 0.2) is 58.9 Å². The highest BCUT2D eigenvalue weighted by Gasteiger charge is 2.16. The van der Waals surface area contributed by atoms with E-state index in [-0.39, 0.29) is 23.5 Å². The van der Waals surface area contributed by atoms with Gasteiger partial charge in [0.2, 0.25) is 5.13 Å². The summed E-state index contributed by atoms with van der Waals surface area (Å²) >= 11 is 2.80. The molecule has 0 spiro atoms. The van der Waals surface area contributed by atoms with E-state index in [4.69, 9.17) is 4.74 Å². The predicted octanol–water partition coefficient (Wildman–Crippen LogP) is 4.36. The Balaban J connectivity index is 1.24. The van der Waals surface area contributed by atoms with E-state index in [0.717, 1.165) is 35.5 Å². The van der Waals surface area contributed by atoms with Crippen LogP contribution < -0.4 is 10.6 Å². The fraction of sp³-hybridized carbons (Fsp3) is 0.273. The van der Waals surface area contributed by atoms with Crippen molar-refractivity contribution in [3.05, 3.63) is 65.7 Å². The smallest absolute Gasteiger partial charge is 0.255 e. The Morgan fingerprint density at radius 1 is 1.06 bits per heavy atom. The molecule has 0 bridgehead atoms. The van der Waals surface area contributed by atoms with Gasteiger partial charge in [-0.3, -0.25) is 9.59 Å². The molecule has 0 aliphatic carbocycles. The fourth-order valence-corrected chi connectivity index (χ4v) is 4.74. The molecule has 7 nitrogen and oxygen atoms in total. The molecule has 1 aromatic heterocycles. The molecule has 1 amide bonds. The number of benzene rings is 2. The number of ketones is 1. The number of anilines is 2. The number of amides is 1. The Hall–Kier alpha value is -2.75. The molecule has 2 N–H and O–H groups in total. The van der Waals surface area contributed by atoms with Gasteiger partial charge in [0.25, 0.3) is 5.91 Å². The second kappa shape index (κ2) is 10.5. The number of Topliss-reactive ketones (excluding diaryl/α,β-unsaturated/α-hetero) is 1. The van der Waals surface area contributed by atoms with Gasteiger partial charge in [-0.1, -0.05) is 41.3 Å². The topological polar surface area (TPSA) is 93.2 Å². The van der Waals surface area contributed by atoms with Crippen LogP contribution in [0, 0.1) is 0 Å². The Bertz CT molecular complexity index is 1020. The molecule has 160 valence electrons. The van der Waals surface area contributed by atoms with E-state index in [1.165, 1.54) is 23.1 Å². The van der Waals surface area contributed by atoms with Gasteiger partial charge in [-0.15, -0.1) is 10.2 Å². The first-order valence-corrected chi connectivity index (χ1v) is 11.8. The number of hydrogen-bond donors (Lipinski definition) is 2. The number of carbonyl (C=O) groups excluding carboxylic acids is 2. The van der Waals surface area contributed by atoms with Gasteiger partial charge in [0, 0.05) is 30.0 Å². The number of nitrogens with one attached hydrogen (secondary N) is 2. The highest BCUT2D eigenvalue weighted by molar-refractivity contribution is 8.01. The normalized spacial score (nSPS) is 15.5. The van der Waals surface area contributed by atoms with Crippen molar-refractivity contribution in [1.29, 1.82) is 0 Å². The standard InChI is InChI=1S/C22H22N4O3S2/c27-19(14-30-22-26-25-21(31-22)23-13-18-7-4-12-29-18)15-8-10-17(11-9-15)24-20(28)16-5-2-1-3-6-16/h1-3,5-6,8-11,18H,4,7,12-14H2,(H,23,25)(H,24,28). The summed E-state index contributed by atoms with van der Waals surface area (Å²) in [5.41, 5.74) is 1.82. The maximum atomic E-state index is 12.5. The zero-order valence-electron chi connectivity index (χ0n) is 16.7. The van der Waals surface area contributed by atoms with Crippen LogP contribution in [0.4, 0.5) is 10.8 Å². The van der Waals surface area contributed by atoms with Crippen LogP contribution >= 0.6 is 23.1 Å². The number of thioether (sulfide) groups is 1. The predicted molar refractivity (Wildman–Crippen MR) is 123 cm³/mol. The van der Waals surface area contributed by atoms with Crippen LogP contribution in [0.25, 0.3) is 0 Å². The van der Waals surface area contributed by atoms with Crippen LogP contribution in [0.3, 0.4) is 0 Å². The van der Waals surface area contributed by atoms with Gasteiger partial charge in [-0.05, 0) is 49.2 Å². The van der Waals surface area contributed by atoms with E-state index < -0.39 is 0 Å². The second-order valence-electron chi connectivity index (χ2n) is 7.00. The van der Waals surface area contributed by atoms with Crippen molar-refractivity contribution in [1.82, 2.24) is 10.2 Å². The number of hydrogen-bond acceptors (Lipinski definition) is 8. The SMILES string of the molecule is O=C(CSc1nnc(NCC2CCCO2)s1)c1ccc(NC(=O)c2ccccc2)cc1. The van der Waals surface area contributed by atoms with E-state index in [2.05, 4.69) is 20.8 Å². The molecule has 3 aromatic rings. The Kier molecular flexibility index (Phi) is 7.29. The second-order valence-corrected chi connectivity index (χ2v) is 9.20. The lowest BCUT2D eigenvalue weighted by molar-refractivity contribution is 0.101. The summed E-state index contributed by atoms with van der Waals surface area (Å²) in [7, 11) is 0. The van der Waals surface area contributed by atoms with Gasteiger partial charge >= 0.3 is 0 Å². The molecule has 31 heavy (non-hydrogen) atoms. The quantitative estimate of drug-likeness (QED) is 0.367. The minimum Gasteiger partial charge on any atom is -0.376 e. The minimum absolute atomic E-state index is 0.00463. The highest BCUT2D eigenvalue weighted by atomic mass is 32.2. The Morgan fingerprint density at radius 2 is 1.87 bits per heavy atom. The molecular formula is C22H22N4O3S2. The number of nitrogens with zero attached hydrogens (tertiary/aromatic N) is 2. The van der Waals surface area contributed by atoms with E-state index in [1.54, 1.807) is 36.4 Å². The summed E-state index contributed by atoms with van der Waals surface area (Å²) < 4.78 is 6.33. The number of carbonyl (C=O) groups is 2. The molecule has 2 aromatic carbocycles. The van der Waals surface area contributed by atoms with Crippen molar-refractivity contribution in [3.63, 3.8) is 0 Å². The van der Waals surface area contributed by atoms with E-state index in [0.29, 0.717) is 16.8 Å². The molecule has 1 aliphatic heterocycles. The summed E-state index contributed by atoms with van der Waals surface area (Å²) in [6.45, 7) is 1.55. The lowest BCUT2D eigenvalue weighted by atomic mass is 10.1. The molecule has 1 fully saturated rings. The van der Waals surface area contributed by atoms with Crippen molar-refractivity contribution in [3.8, 4) is 0 Å². The third-order valence-electron chi connectivity index (χ3n) is 4.74. The lowest BCUT2D eigenvalue weighted by Crippen LogP contribution is -2.18. The summed E-state index contributed by atoms with van der Waals surface area (Å²) in [6.07, 6.45) is 2.41. The Morgan fingerprint density at radius 3 is 2.61 bits per heavy atom. The van der Waals surface area contributed by atoms with Crippen molar-refractivity contribution < 1.29 is 14.3 Å². The van der Waals surface area contributed by atoms with Crippen LogP contribution in [0.2, 0.25) is 0 Å². The number of aromatic nitrogens is 2. The first kappa shape index (κ1) is 21.5. The number of ether oxygens (including phenoxy) is 1. The van der Waals surface area contributed by atoms with Gasteiger partial charge in [0.05, 0.1) is 11.9 Å². The first-order valence-electron chi connectivity index (χ1n) is 9.99. The molecule has 1 atom stereocenters. The van der Waals surface area contributed by atoms with Gasteiger partial charge in [0.15, 0.2) is 10.1 Å². The molecular weight excluding hydrogens is 432 g/mol. The van der Waals surface area contributed by atoms with Gasteiger partial charge in [-0.2, -0.15) is 0 Å².